The Labute approximate surface area is 167 Å². The maximum absolute atomic E-state index is 5.56. The molecule has 4 nitrogen and oxygen atoms in total. The summed E-state index contributed by atoms with van der Waals surface area (Å²) in [6.07, 6.45) is 9.47. The first-order valence-electron chi connectivity index (χ1n) is 9.01. The monoisotopic (exact) mass is 383 g/mol. The minimum Gasteiger partial charge on any atom is -0.443 e. The highest BCUT2D eigenvalue weighted by Crippen LogP contribution is 2.38. The van der Waals surface area contributed by atoms with E-state index in [0.29, 0.717) is 0 Å². The average Bonchev–Trinajstić information content (AvgIpc) is 3.46. The van der Waals surface area contributed by atoms with Crippen LogP contribution in [0.5, 0.6) is 0 Å². The average molecular weight is 383 g/mol. The van der Waals surface area contributed by atoms with Crippen LogP contribution in [0.4, 0.5) is 5.69 Å². The number of pyridine rings is 1. The molecule has 136 valence electrons. The summed E-state index contributed by atoms with van der Waals surface area (Å²) in [5, 5.41) is 2.10. The fourth-order valence-corrected chi connectivity index (χ4v) is 4.25. The van der Waals surface area contributed by atoms with E-state index in [4.69, 9.17) is 4.42 Å². The first-order valence-corrected chi connectivity index (χ1v) is 9.89. The fourth-order valence-electron chi connectivity index (χ4n) is 3.37. The van der Waals surface area contributed by atoms with Crippen LogP contribution in [0.15, 0.2) is 95.5 Å². The van der Waals surface area contributed by atoms with Crippen molar-refractivity contribution in [1.29, 1.82) is 0 Å². The van der Waals surface area contributed by atoms with E-state index in [9.17, 15) is 0 Å². The zero-order valence-electron chi connectivity index (χ0n) is 15.0. The van der Waals surface area contributed by atoms with Crippen LogP contribution < -0.4 is 4.90 Å². The standard InChI is InChI=1S/C23H17N3OS/c1-2-6-19(7-3-1)26-14-17(12-18(15-26)21-8-4-5-10-25-21)20-9-11-28-23(20)22-13-24-16-27-22/h1-13,15-16H,14H2. The Morgan fingerprint density at radius 3 is 2.68 bits per heavy atom. The highest BCUT2D eigenvalue weighted by atomic mass is 32.1. The number of allylic oxidation sites excluding steroid dienone is 2. The largest absolute Gasteiger partial charge is 0.443 e. The number of hydrogen-bond acceptors (Lipinski definition) is 5. The molecule has 4 heterocycles. The van der Waals surface area contributed by atoms with Gasteiger partial charge in [-0.1, -0.05) is 24.3 Å². The van der Waals surface area contributed by atoms with Gasteiger partial charge in [-0.2, -0.15) is 0 Å². The van der Waals surface area contributed by atoms with Gasteiger partial charge in [0.15, 0.2) is 12.2 Å². The summed E-state index contributed by atoms with van der Waals surface area (Å²) in [5.74, 6) is 0.797. The zero-order valence-corrected chi connectivity index (χ0v) is 15.8. The lowest BCUT2D eigenvalue weighted by Gasteiger charge is -2.27. The Morgan fingerprint density at radius 1 is 1.00 bits per heavy atom. The molecule has 1 aromatic carbocycles. The summed E-state index contributed by atoms with van der Waals surface area (Å²) in [7, 11) is 0. The fraction of sp³-hybridized carbons (Fsp3) is 0.0435. The molecular weight excluding hydrogens is 366 g/mol. The molecule has 0 radical (unpaired) electrons. The van der Waals surface area contributed by atoms with Crippen LogP contribution in [0.2, 0.25) is 0 Å². The van der Waals surface area contributed by atoms with Crippen molar-refractivity contribution in [3.05, 3.63) is 102 Å². The molecule has 0 fully saturated rings. The number of benzene rings is 1. The van der Waals surface area contributed by atoms with Crippen molar-refractivity contribution >= 4 is 28.2 Å². The maximum atomic E-state index is 5.56. The third-order valence-electron chi connectivity index (χ3n) is 4.68. The molecule has 0 N–H and O–H groups in total. The number of oxazole rings is 1. The smallest absolute Gasteiger partial charge is 0.181 e. The van der Waals surface area contributed by atoms with E-state index in [1.54, 1.807) is 17.5 Å². The molecule has 5 heteroatoms. The summed E-state index contributed by atoms with van der Waals surface area (Å²) in [5.41, 5.74) is 5.58. The molecule has 0 bridgehead atoms. The molecule has 1 aliphatic heterocycles. The first-order chi connectivity index (χ1) is 13.9. The Morgan fingerprint density at radius 2 is 1.89 bits per heavy atom. The van der Waals surface area contributed by atoms with Crippen molar-refractivity contribution in [1.82, 2.24) is 9.97 Å². The normalized spacial score (nSPS) is 13.9. The van der Waals surface area contributed by atoms with Gasteiger partial charge in [0.25, 0.3) is 0 Å². The van der Waals surface area contributed by atoms with Crippen LogP contribution in [0, 0.1) is 0 Å². The number of para-hydroxylation sites is 1. The second-order valence-corrected chi connectivity index (χ2v) is 7.38. The van der Waals surface area contributed by atoms with Crippen molar-refractivity contribution in [2.45, 2.75) is 0 Å². The van der Waals surface area contributed by atoms with E-state index in [2.05, 4.69) is 62.9 Å². The van der Waals surface area contributed by atoms with Crippen LogP contribution in [0.3, 0.4) is 0 Å². The summed E-state index contributed by atoms with van der Waals surface area (Å²) in [6.45, 7) is 0.776. The Hall–Kier alpha value is -3.44. The molecule has 0 unspecified atom stereocenters. The van der Waals surface area contributed by atoms with E-state index in [0.717, 1.165) is 34.1 Å². The predicted octanol–water partition coefficient (Wildman–Crippen LogP) is 5.74. The Balaban J connectivity index is 1.61. The van der Waals surface area contributed by atoms with Crippen LogP contribution in [-0.2, 0) is 0 Å². The van der Waals surface area contributed by atoms with E-state index in [1.165, 1.54) is 17.5 Å². The van der Waals surface area contributed by atoms with Gasteiger partial charge in [0, 0.05) is 35.8 Å². The van der Waals surface area contributed by atoms with Gasteiger partial charge in [0.2, 0.25) is 0 Å². The van der Waals surface area contributed by atoms with Crippen molar-refractivity contribution < 1.29 is 4.42 Å². The lowest BCUT2D eigenvalue weighted by atomic mass is 9.98. The molecular formula is C23H17N3OS. The van der Waals surface area contributed by atoms with Gasteiger partial charge in [0.1, 0.15) is 0 Å². The van der Waals surface area contributed by atoms with Crippen LogP contribution in [0.25, 0.3) is 21.8 Å². The van der Waals surface area contributed by atoms with Gasteiger partial charge in [-0.3, -0.25) is 4.98 Å². The first kappa shape index (κ1) is 16.7. The van der Waals surface area contributed by atoms with Gasteiger partial charge in [-0.15, -0.1) is 11.3 Å². The van der Waals surface area contributed by atoms with E-state index >= 15 is 0 Å². The molecule has 4 aromatic rings. The highest BCUT2D eigenvalue weighted by Gasteiger charge is 2.20. The lowest BCUT2D eigenvalue weighted by molar-refractivity contribution is 0.573. The second-order valence-electron chi connectivity index (χ2n) is 6.46. The number of hydrogen-bond donors (Lipinski definition) is 0. The highest BCUT2D eigenvalue weighted by molar-refractivity contribution is 7.13. The van der Waals surface area contributed by atoms with Crippen molar-refractivity contribution in [2.24, 2.45) is 0 Å². The molecule has 0 atom stereocenters. The second kappa shape index (κ2) is 7.29. The molecule has 1 aliphatic rings. The summed E-state index contributed by atoms with van der Waals surface area (Å²) < 4.78 is 5.56. The molecule has 0 amide bonds. The summed E-state index contributed by atoms with van der Waals surface area (Å²) in [6, 6.07) is 18.6. The predicted molar refractivity (Wildman–Crippen MR) is 114 cm³/mol. The van der Waals surface area contributed by atoms with Crippen LogP contribution in [-0.4, -0.2) is 16.5 Å². The minimum atomic E-state index is 0.776. The molecule has 0 saturated carbocycles. The number of nitrogens with zero attached hydrogens (tertiary/aromatic N) is 3. The number of rotatable bonds is 4. The molecule has 3 aromatic heterocycles. The van der Waals surface area contributed by atoms with Gasteiger partial charge in [-0.25, -0.2) is 4.98 Å². The third kappa shape index (κ3) is 3.17. The van der Waals surface area contributed by atoms with Crippen molar-refractivity contribution in [3.63, 3.8) is 0 Å². The van der Waals surface area contributed by atoms with Gasteiger partial charge in [0.05, 0.1) is 16.8 Å². The molecule has 0 saturated heterocycles. The Bertz CT molecular complexity index is 1130. The molecule has 5 rings (SSSR count). The zero-order chi connectivity index (χ0) is 18.8. The third-order valence-corrected chi connectivity index (χ3v) is 5.61. The van der Waals surface area contributed by atoms with Gasteiger partial charge >= 0.3 is 0 Å². The summed E-state index contributed by atoms with van der Waals surface area (Å²) >= 11 is 1.67. The molecule has 0 aliphatic carbocycles. The van der Waals surface area contributed by atoms with Crippen LogP contribution >= 0.6 is 11.3 Å². The van der Waals surface area contributed by atoms with Crippen LogP contribution in [0.1, 0.15) is 11.3 Å². The molecule has 28 heavy (non-hydrogen) atoms. The van der Waals surface area contributed by atoms with Crippen molar-refractivity contribution in [3.8, 4) is 10.6 Å². The molecule has 0 spiro atoms. The quantitative estimate of drug-likeness (QED) is 0.450. The van der Waals surface area contributed by atoms with Crippen molar-refractivity contribution in [2.75, 3.05) is 11.4 Å². The van der Waals surface area contributed by atoms with E-state index < -0.39 is 0 Å². The SMILES string of the molecule is C1=C(c2ccccn2)C=C(c2ccsc2-c2cnco2)CN1c1ccccc1. The number of thiophene rings is 1. The van der Waals surface area contributed by atoms with Gasteiger partial charge in [-0.05, 0) is 47.4 Å². The number of aromatic nitrogens is 2. The topological polar surface area (TPSA) is 42.2 Å². The number of anilines is 1. The lowest BCUT2D eigenvalue weighted by Crippen LogP contribution is -2.22. The van der Waals surface area contributed by atoms with Gasteiger partial charge < -0.3 is 9.32 Å². The minimum absolute atomic E-state index is 0.776. The Kier molecular flexibility index (Phi) is 4.35. The van der Waals surface area contributed by atoms with E-state index in [1.807, 2.05) is 30.5 Å². The van der Waals surface area contributed by atoms with E-state index in [-0.39, 0.29) is 0 Å². The summed E-state index contributed by atoms with van der Waals surface area (Å²) in [4.78, 5) is 12.0. The maximum Gasteiger partial charge on any atom is 0.181 e.